The summed E-state index contributed by atoms with van der Waals surface area (Å²) in [6.07, 6.45) is 1.78. The first-order chi connectivity index (χ1) is 10.9. The van der Waals surface area contributed by atoms with Crippen molar-refractivity contribution in [3.05, 3.63) is 0 Å². The molecule has 2 saturated heterocycles. The van der Waals surface area contributed by atoms with Crippen molar-refractivity contribution in [1.82, 2.24) is 5.32 Å². The summed E-state index contributed by atoms with van der Waals surface area (Å²) in [4.78, 5) is 10.9. The third-order valence-electron chi connectivity index (χ3n) is 3.51. The first kappa shape index (κ1) is 22.3. The molecule has 0 aromatic heterocycles. The van der Waals surface area contributed by atoms with Crippen LogP contribution in [0.3, 0.4) is 0 Å². The Labute approximate surface area is 139 Å². The van der Waals surface area contributed by atoms with Gasteiger partial charge in [-0.1, -0.05) is 13.8 Å². The minimum Gasteiger partial charge on any atom is -0.466 e. The zero-order valence-corrected chi connectivity index (χ0v) is 15.0. The summed E-state index contributed by atoms with van der Waals surface area (Å²) in [6, 6.07) is 0. The van der Waals surface area contributed by atoms with Gasteiger partial charge >= 0.3 is 5.97 Å². The molecule has 2 aliphatic heterocycles. The highest BCUT2D eigenvalue weighted by Gasteiger charge is 2.36. The molecule has 0 atom stereocenters. The van der Waals surface area contributed by atoms with Gasteiger partial charge in [0.05, 0.1) is 37.4 Å². The molecule has 2 heterocycles. The summed E-state index contributed by atoms with van der Waals surface area (Å²) >= 11 is 0. The van der Waals surface area contributed by atoms with Crippen molar-refractivity contribution in [2.24, 2.45) is 5.73 Å². The second-order valence-corrected chi connectivity index (χ2v) is 5.70. The smallest absolute Gasteiger partial charge is 0.307 e. The number of ether oxygens (including phenoxy) is 3. The van der Waals surface area contributed by atoms with Gasteiger partial charge in [-0.2, -0.15) is 0 Å². The molecule has 0 radical (unpaired) electrons. The molecule has 0 saturated carbocycles. The average Bonchev–Trinajstić information content (AvgIpc) is 2.49. The first-order valence-electron chi connectivity index (χ1n) is 8.40. The van der Waals surface area contributed by atoms with Crippen LogP contribution in [0.15, 0.2) is 0 Å². The SMILES string of the molecule is CC.CCOC(=O)CC1(N)COC1.CNCC1(O)CCOCC1. The van der Waals surface area contributed by atoms with Gasteiger partial charge in [-0.05, 0) is 14.0 Å². The van der Waals surface area contributed by atoms with Gasteiger partial charge in [-0.25, -0.2) is 0 Å². The van der Waals surface area contributed by atoms with E-state index in [-0.39, 0.29) is 12.4 Å². The molecule has 0 unspecified atom stereocenters. The van der Waals surface area contributed by atoms with Crippen molar-refractivity contribution in [2.75, 3.05) is 46.6 Å². The number of hydrogen-bond acceptors (Lipinski definition) is 7. The Hall–Kier alpha value is -0.730. The van der Waals surface area contributed by atoms with E-state index in [4.69, 9.17) is 19.9 Å². The lowest BCUT2D eigenvalue weighted by Gasteiger charge is -2.36. The molecule has 0 aromatic rings. The zero-order valence-electron chi connectivity index (χ0n) is 15.0. The number of aliphatic hydroxyl groups is 1. The molecule has 7 nitrogen and oxygen atoms in total. The molecule has 0 amide bonds. The second-order valence-electron chi connectivity index (χ2n) is 5.70. The average molecular weight is 334 g/mol. The molecule has 2 fully saturated rings. The summed E-state index contributed by atoms with van der Waals surface area (Å²) in [5.74, 6) is -0.238. The van der Waals surface area contributed by atoms with E-state index in [9.17, 15) is 9.90 Å². The van der Waals surface area contributed by atoms with Crippen LogP contribution in [0.2, 0.25) is 0 Å². The highest BCUT2D eigenvalue weighted by atomic mass is 16.5. The van der Waals surface area contributed by atoms with E-state index in [0.29, 0.717) is 39.6 Å². The highest BCUT2D eigenvalue weighted by molar-refractivity contribution is 5.71. The standard InChI is InChI=1S/C7H13NO3.C7H15NO2.C2H6/c1-2-11-6(9)3-7(8)4-10-5-7;1-8-6-7(9)2-4-10-5-3-7;1-2/h2-5,8H2,1H3;8-9H,2-6H2,1H3;1-2H3. The van der Waals surface area contributed by atoms with Crippen molar-refractivity contribution in [3.8, 4) is 0 Å². The molecule has 4 N–H and O–H groups in total. The Balaban J connectivity index is 0.000000381. The molecule has 0 aliphatic carbocycles. The largest absolute Gasteiger partial charge is 0.466 e. The Morgan fingerprint density at radius 3 is 2.22 bits per heavy atom. The fourth-order valence-electron chi connectivity index (χ4n) is 2.22. The third-order valence-corrected chi connectivity index (χ3v) is 3.51. The number of esters is 1. The molecular formula is C16H34N2O5. The lowest BCUT2D eigenvalue weighted by molar-refractivity contribution is -0.150. The molecule has 2 rings (SSSR count). The van der Waals surface area contributed by atoms with E-state index in [0.717, 1.165) is 12.8 Å². The van der Waals surface area contributed by atoms with Crippen LogP contribution in [-0.2, 0) is 19.0 Å². The Morgan fingerprint density at radius 1 is 1.26 bits per heavy atom. The Kier molecular flexibility index (Phi) is 11.4. The van der Waals surface area contributed by atoms with Crippen LogP contribution in [0.1, 0.15) is 40.0 Å². The van der Waals surface area contributed by atoms with Crippen LogP contribution < -0.4 is 11.1 Å². The number of carbonyl (C=O) groups is 1. The fraction of sp³-hybridized carbons (Fsp3) is 0.938. The Morgan fingerprint density at radius 2 is 1.83 bits per heavy atom. The van der Waals surface area contributed by atoms with E-state index >= 15 is 0 Å². The molecule has 0 bridgehead atoms. The molecule has 7 heteroatoms. The van der Waals surface area contributed by atoms with Gasteiger partial charge in [0, 0.05) is 32.6 Å². The topological polar surface area (TPSA) is 103 Å². The normalized spacial score (nSPS) is 20.8. The number of carbonyl (C=O) groups excluding carboxylic acids is 1. The quantitative estimate of drug-likeness (QED) is 0.627. The van der Waals surface area contributed by atoms with Crippen LogP contribution in [0.25, 0.3) is 0 Å². The number of hydrogen-bond donors (Lipinski definition) is 3. The first-order valence-corrected chi connectivity index (χ1v) is 8.40. The maximum absolute atomic E-state index is 10.9. The minimum absolute atomic E-state index is 0.238. The fourth-order valence-corrected chi connectivity index (χ4v) is 2.22. The summed E-state index contributed by atoms with van der Waals surface area (Å²) in [7, 11) is 1.85. The molecule has 0 aromatic carbocycles. The predicted octanol–water partition coefficient (Wildman–Crippen LogP) is 0.441. The van der Waals surface area contributed by atoms with Gasteiger partial charge in [-0.3, -0.25) is 4.79 Å². The van der Waals surface area contributed by atoms with Crippen LogP contribution in [-0.4, -0.2) is 68.8 Å². The molecule has 2 aliphatic rings. The van der Waals surface area contributed by atoms with Gasteiger partial charge in [0.2, 0.25) is 0 Å². The highest BCUT2D eigenvalue weighted by Crippen LogP contribution is 2.19. The Bertz CT molecular complexity index is 310. The lowest BCUT2D eigenvalue weighted by Crippen LogP contribution is -2.58. The minimum atomic E-state index is -0.507. The van der Waals surface area contributed by atoms with Gasteiger partial charge < -0.3 is 30.4 Å². The van der Waals surface area contributed by atoms with Crippen LogP contribution in [0, 0.1) is 0 Å². The number of nitrogens with two attached hydrogens (primary N) is 1. The van der Waals surface area contributed by atoms with Gasteiger partial charge in [-0.15, -0.1) is 0 Å². The van der Waals surface area contributed by atoms with Crippen molar-refractivity contribution >= 4 is 5.97 Å². The number of rotatable bonds is 5. The molecular weight excluding hydrogens is 300 g/mol. The van der Waals surface area contributed by atoms with Gasteiger partial charge in [0.25, 0.3) is 0 Å². The van der Waals surface area contributed by atoms with Gasteiger partial charge in [0.1, 0.15) is 0 Å². The van der Waals surface area contributed by atoms with E-state index in [1.54, 1.807) is 6.92 Å². The van der Waals surface area contributed by atoms with Gasteiger partial charge in [0.15, 0.2) is 0 Å². The van der Waals surface area contributed by atoms with E-state index in [2.05, 4.69) is 5.32 Å². The van der Waals surface area contributed by atoms with Crippen LogP contribution in [0.5, 0.6) is 0 Å². The number of nitrogens with one attached hydrogen (secondary N) is 1. The second kappa shape index (κ2) is 11.8. The molecule has 0 spiro atoms. The van der Waals surface area contributed by atoms with Crippen LogP contribution >= 0.6 is 0 Å². The molecule has 138 valence electrons. The van der Waals surface area contributed by atoms with Crippen molar-refractivity contribution in [1.29, 1.82) is 0 Å². The van der Waals surface area contributed by atoms with Crippen LogP contribution in [0.4, 0.5) is 0 Å². The number of likely N-dealkylation sites (N-methyl/N-ethyl adjacent to an activating group) is 1. The monoisotopic (exact) mass is 334 g/mol. The van der Waals surface area contributed by atoms with Crippen molar-refractivity contribution in [3.63, 3.8) is 0 Å². The lowest BCUT2D eigenvalue weighted by atomic mass is 9.95. The van der Waals surface area contributed by atoms with Crippen molar-refractivity contribution < 1.29 is 24.1 Å². The summed E-state index contributed by atoms with van der Waals surface area (Å²) < 4.78 is 14.7. The predicted molar refractivity (Wildman–Crippen MR) is 89.3 cm³/mol. The van der Waals surface area contributed by atoms with E-state index < -0.39 is 11.1 Å². The maximum Gasteiger partial charge on any atom is 0.307 e. The maximum atomic E-state index is 10.9. The van der Waals surface area contributed by atoms with Crippen molar-refractivity contribution in [2.45, 2.75) is 51.2 Å². The summed E-state index contributed by atoms with van der Waals surface area (Å²) in [5, 5.41) is 12.7. The molecule has 23 heavy (non-hydrogen) atoms. The van der Waals surface area contributed by atoms with E-state index in [1.807, 2.05) is 20.9 Å². The third kappa shape index (κ3) is 9.22. The summed E-state index contributed by atoms with van der Waals surface area (Å²) in [5.41, 5.74) is 4.75. The van der Waals surface area contributed by atoms with E-state index in [1.165, 1.54) is 0 Å². The summed E-state index contributed by atoms with van der Waals surface area (Å²) in [6.45, 7) is 9.18. The zero-order chi connectivity index (χ0) is 17.8.